The Bertz CT molecular complexity index is 308. The Morgan fingerprint density at radius 3 is 2.60 bits per heavy atom. The highest BCUT2D eigenvalue weighted by molar-refractivity contribution is 5.67. The normalized spacial score (nSPS) is 37.4. The summed E-state index contributed by atoms with van der Waals surface area (Å²) in [6.07, 6.45) is -4.12. The smallest absolute Gasteiger partial charge is 0.329 e. The maximum atomic E-state index is 10.4. The predicted molar refractivity (Wildman–Crippen MR) is 66.2 cm³/mol. The van der Waals surface area contributed by atoms with Crippen molar-refractivity contribution in [1.29, 1.82) is 0 Å². The van der Waals surface area contributed by atoms with Crippen LogP contribution in [0.1, 0.15) is 13.8 Å². The molecule has 20 heavy (non-hydrogen) atoms. The Balaban J connectivity index is 0.00000200. The third-order valence-electron chi connectivity index (χ3n) is 3.03. The Labute approximate surface area is 117 Å². The van der Waals surface area contributed by atoms with E-state index in [2.05, 4.69) is 0 Å². The number of fused-ring (bicyclic) bond motifs is 6. The van der Waals surface area contributed by atoms with Gasteiger partial charge in [0.05, 0.1) is 13.2 Å². The van der Waals surface area contributed by atoms with Crippen molar-refractivity contribution in [3.8, 4) is 0 Å². The van der Waals surface area contributed by atoms with E-state index in [0.717, 1.165) is 0 Å². The molecule has 0 amide bonds. The van der Waals surface area contributed by atoms with E-state index in [1.54, 1.807) is 0 Å². The van der Waals surface area contributed by atoms with Gasteiger partial charge in [-0.1, -0.05) is 7.43 Å². The number of carboxylic acid groups (broad SMARTS) is 1. The van der Waals surface area contributed by atoms with Crippen LogP contribution in [0.2, 0.25) is 0 Å². The van der Waals surface area contributed by atoms with Crippen LogP contribution in [0.3, 0.4) is 0 Å². The van der Waals surface area contributed by atoms with Crippen molar-refractivity contribution in [2.24, 2.45) is 0 Å². The van der Waals surface area contributed by atoms with Crippen molar-refractivity contribution in [2.75, 3.05) is 26.4 Å². The quantitative estimate of drug-likeness (QED) is 0.603. The molecule has 3 aliphatic heterocycles. The number of aliphatic hydroxyl groups excluding tert-OH is 2. The molecule has 118 valence electrons. The van der Waals surface area contributed by atoms with Crippen LogP contribution in [0.25, 0.3) is 0 Å². The molecule has 0 spiro atoms. The molecule has 2 bridgehead atoms. The van der Waals surface area contributed by atoms with Crippen LogP contribution in [0, 0.1) is 0 Å². The van der Waals surface area contributed by atoms with Gasteiger partial charge in [-0.05, 0) is 6.42 Å². The second-order valence-corrected chi connectivity index (χ2v) is 4.49. The van der Waals surface area contributed by atoms with E-state index in [1.807, 2.05) is 0 Å². The first-order valence-corrected chi connectivity index (χ1v) is 6.14. The lowest BCUT2D eigenvalue weighted by atomic mass is 9.99. The Morgan fingerprint density at radius 2 is 1.90 bits per heavy atom. The highest BCUT2D eigenvalue weighted by atomic mass is 16.7. The van der Waals surface area contributed by atoms with Crippen LogP contribution in [0.15, 0.2) is 0 Å². The number of hydrogen-bond acceptors (Lipinski definition) is 7. The molecule has 8 heteroatoms. The van der Waals surface area contributed by atoms with E-state index in [0.29, 0.717) is 19.6 Å². The predicted octanol–water partition coefficient (Wildman–Crippen LogP) is -1.02. The van der Waals surface area contributed by atoms with Crippen molar-refractivity contribution in [2.45, 2.75) is 44.6 Å². The molecule has 3 N–H and O–H groups in total. The van der Waals surface area contributed by atoms with Gasteiger partial charge in [-0.15, -0.1) is 0 Å². The summed E-state index contributed by atoms with van der Waals surface area (Å²) in [7, 11) is 0. The van der Waals surface area contributed by atoms with Gasteiger partial charge in [0, 0.05) is 6.61 Å². The Hall–Kier alpha value is -0.770. The maximum absolute atomic E-state index is 10.4. The minimum atomic E-state index is -1.20. The van der Waals surface area contributed by atoms with Gasteiger partial charge < -0.3 is 34.3 Å². The lowest BCUT2D eigenvalue weighted by molar-refractivity contribution is -0.300. The van der Waals surface area contributed by atoms with Crippen LogP contribution in [-0.2, 0) is 23.7 Å². The van der Waals surface area contributed by atoms with E-state index >= 15 is 0 Å². The van der Waals surface area contributed by atoms with E-state index in [4.69, 9.17) is 24.1 Å². The number of carbonyl (C=O) groups is 1. The van der Waals surface area contributed by atoms with Crippen LogP contribution in [0.4, 0.5) is 0 Å². The SMILES string of the molecule is C.O=C(O)COCC1OC2OCCCOC1C(O)C2O. The third kappa shape index (κ3) is 4.11. The van der Waals surface area contributed by atoms with E-state index < -0.39 is 43.3 Å². The van der Waals surface area contributed by atoms with Gasteiger partial charge in [0.1, 0.15) is 31.0 Å². The molecule has 3 heterocycles. The summed E-state index contributed by atoms with van der Waals surface area (Å²) in [6, 6.07) is 0. The van der Waals surface area contributed by atoms with Gasteiger partial charge in [0.25, 0.3) is 0 Å². The second kappa shape index (κ2) is 7.87. The van der Waals surface area contributed by atoms with Crippen molar-refractivity contribution >= 4 is 5.97 Å². The Morgan fingerprint density at radius 1 is 1.20 bits per heavy atom. The van der Waals surface area contributed by atoms with Crippen LogP contribution < -0.4 is 0 Å². The summed E-state index contributed by atoms with van der Waals surface area (Å²) in [4.78, 5) is 10.4. The maximum Gasteiger partial charge on any atom is 0.329 e. The minimum absolute atomic E-state index is 0. The summed E-state index contributed by atoms with van der Waals surface area (Å²) in [6.45, 7) is 0.196. The van der Waals surface area contributed by atoms with Gasteiger partial charge in [-0.2, -0.15) is 0 Å². The zero-order valence-electron chi connectivity index (χ0n) is 10.3. The summed E-state index contributed by atoms with van der Waals surface area (Å²) in [5.74, 6) is -1.09. The van der Waals surface area contributed by atoms with Crippen LogP contribution in [-0.4, -0.2) is 78.4 Å². The fourth-order valence-corrected chi connectivity index (χ4v) is 2.12. The number of hydrogen-bond donors (Lipinski definition) is 3. The van der Waals surface area contributed by atoms with Gasteiger partial charge in [-0.25, -0.2) is 4.79 Å². The lowest BCUT2D eigenvalue weighted by Gasteiger charge is -2.41. The number of aliphatic hydroxyl groups is 2. The highest BCUT2D eigenvalue weighted by Crippen LogP contribution is 2.26. The lowest BCUT2D eigenvalue weighted by Crippen LogP contribution is -2.59. The second-order valence-electron chi connectivity index (χ2n) is 4.49. The van der Waals surface area contributed by atoms with Crippen molar-refractivity contribution in [1.82, 2.24) is 0 Å². The molecule has 0 radical (unpaired) electrons. The average molecular weight is 294 g/mol. The topological polar surface area (TPSA) is 115 Å². The third-order valence-corrected chi connectivity index (χ3v) is 3.03. The molecule has 0 aromatic heterocycles. The molecule has 0 aromatic rings. The molecule has 0 aliphatic carbocycles. The van der Waals surface area contributed by atoms with Crippen molar-refractivity contribution in [3.63, 3.8) is 0 Å². The van der Waals surface area contributed by atoms with Gasteiger partial charge in [-0.3, -0.25) is 0 Å². The van der Waals surface area contributed by atoms with Gasteiger partial charge >= 0.3 is 5.97 Å². The molecular weight excluding hydrogens is 272 g/mol. The first-order chi connectivity index (χ1) is 9.09. The standard InChI is InChI=1S/C11H18O8.CH4/c12-7(13)5-16-4-6-10-8(14)9(15)11(19-6)18-3-1-2-17-10;/h6,8-11,14-15H,1-5H2,(H,12,13);1H4. The van der Waals surface area contributed by atoms with Crippen LogP contribution >= 0.6 is 0 Å². The molecule has 5 unspecified atom stereocenters. The van der Waals surface area contributed by atoms with E-state index in [-0.39, 0.29) is 14.0 Å². The highest BCUT2D eigenvalue weighted by Gasteiger charge is 2.46. The number of rotatable bonds is 4. The zero-order valence-corrected chi connectivity index (χ0v) is 10.3. The van der Waals surface area contributed by atoms with Crippen LogP contribution in [0.5, 0.6) is 0 Å². The molecule has 3 saturated heterocycles. The molecular formula is C12H22O8. The summed E-state index contributed by atoms with van der Waals surface area (Å²) in [5.41, 5.74) is 0. The van der Waals surface area contributed by atoms with Crippen molar-refractivity contribution in [3.05, 3.63) is 0 Å². The van der Waals surface area contributed by atoms with E-state index in [1.165, 1.54) is 0 Å². The first-order valence-electron chi connectivity index (χ1n) is 6.14. The summed E-state index contributed by atoms with van der Waals surface area (Å²) in [5, 5.41) is 28.3. The van der Waals surface area contributed by atoms with Gasteiger partial charge in [0.2, 0.25) is 0 Å². The minimum Gasteiger partial charge on any atom is -0.480 e. The van der Waals surface area contributed by atoms with Crippen molar-refractivity contribution < 1.29 is 39.1 Å². The molecule has 5 atom stereocenters. The monoisotopic (exact) mass is 294 g/mol. The zero-order chi connectivity index (χ0) is 13.8. The molecule has 3 aliphatic rings. The number of aliphatic carboxylic acids is 1. The fraction of sp³-hybridized carbons (Fsp3) is 0.917. The van der Waals surface area contributed by atoms with Gasteiger partial charge in [0.15, 0.2) is 6.29 Å². The fourth-order valence-electron chi connectivity index (χ4n) is 2.12. The number of ether oxygens (including phenoxy) is 4. The molecule has 0 saturated carbocycles. The summed E-state index contributed by atoms with van der Waals surface area (Å²) >= 11 is 0. The average Bonchev–Trinajstić information content (AvgIpc) is 2.49. The Kier molecular flexibility index (Phi) is 6.80. The molecule has 3 rings (SSSR count). The molecule has 8 nitrogen and oxygen atoms in total. The van der Waals surface area contributed by atoms with E-state index in [9.17, 15) is 15.0 Å². The largest absolute Gasteiger partial charge is 0.480 e. The molecule has 3 fully saturated rings. The summed E-state index contributed by atoms with van der Waals surface area (Å²) < 4.78 is 21.2. The number of carboxylic acids is 1. The first kappa shape index (κ1) is 17.3. The molecule has 0 aromatic carbocycles.